The highest BCUT2D eigenvalue weighted by molar-refractivity contribution is 5.96. The second-order valence-electron chi connectivity index (χ2n) is 29.3. The number of H-pyrrole nitrogens is 1. The molecule has 34 nitrogen and oxygen atoms in total. The Balaban J connectivity index is 0.000000489. The van der Waals surface area contributed by atoms with Crippen LogP contribution in [-0.2, 0) is 79.8 Å². The Morgan fingerprint density at radius 2 is 1.29 bits per heavy atom. The molecule has 11 atom stereocenters. The van der Waals surface area contributed by atoms with Crippen molar-refractivity contribution in [1.29, 1.82) is 0 Å². The van der Waals surface area contributed by atoms with Gasteiger partial charge in [-0.15, -0.1) is 0 Å². The maximum Gasteiger partial charge on any atom is 0.303 e. The van der Waals surface area contributed by atoms with Gasteiger partial charge in [-0.1, -0.05) is 159 Å². The molecule has 2 aliphatic rings. The van der Waals surface area contributed by atoms with Crippen molar-refractivity contribution in [2.75, 3.05) is 66.3 Å². The van der Waals surface area contributed by atoms with E-state index in [0.717, 1.165) is 42.1 Å². The summed E-state index contributed by atoms with van der Waals surface area (Å²) in [5.41, 5.74) is 19.1. The van der Waals surface area contributed by atoms with Gasteiger partial charge < -0.3 is 105 Å². The molecule has 0 saturated carbocycles. The van der Waals surface area contributed by atoms with Crippen molar-refractivity contribution in [3.8, 4) is 0 Å². The van der Waals surface area contributed by atoms with E-state index in [1.165, 1.54) is 76.2 Å². The Kier molecular flexibility index (Phi) is 47.7. The zero-order valence-electron chi connectivity index (χ0n) is 67.1. The average Bonchev–Trinajstić information content (AvgIpc) is 1.67. The predicted octanol–water partition coefficient (Wildman–Crippen LogP) is 1.77. The maximum absolute atomic E-state index is 14.4. The standard InChI is InChI=1S/C43H61N11O8.C37H69N5O10/c1-25-16-17-36(56)47-18-8-7-14-31(37(44)57)50-40(60)34(21-27-23-49-30-13-6-5-12-29(27)30)52-38(58)32(15-9-19-48-43(45)46)51-39(59)33(20-26-10-3-2-4-11-26)53-41(61)35-22-28(55)24-54(35)42(25)62;1-4-6-8-9-10-11-12-13-14-15-16-17-18-20-32(44)39-23-24-51-25-26-52-28-33(45)40-30(21-22-34(46)47)36(49)42-31(27-43)37(50)41-29(19-7-5-2)35(48)38-3/h2-6,10-13,23,25,28,31-35,39,49,51,55,59H,7-9,14-22,24H2,1H3,(H2,44,57)(H,47,56)(H,50,60)(H,52,58)(H,53,61)(H4,45,46,48);29-31,43H,4-28H2,1-3H3,(H,38,48)(H,39,44)(H,40,45)(H,41,50)(H,42,49)(H,46,47)/t25-,28+,31-,32-,33+,34-,35-,39-;29-,30-,31-/m00/s1. The number of aliphatic hydroxyl groups excluding tert-OH is 3. The van der Waals surface area contributed by atoms with Gasteiger partial charge in [-0.25, -0.2) is 0 Å². The van der Waals surface area contributed by atoms with E-state index in [-0.39, 0.29) is 115 Å². The number of primary amides is 1. The van der Waals surface area contributed by atoms with Crippen LogP contribution in [0.4, 0.5) is 0 Å². The fourth-order valence-corrected chi connectivity index (χ4v) is 13.3. The number of unbranched alkanes of at least 4 members (excludes halogenated alkanes) is 13. The molecule has 0 spiro atoms. The van der Waals surface area contributed by atoms with E-state index in [2.05, 4.69) is 70.1 Å². The summed E-state index contributed by atoms with van der Waals surface area (Å²) in [6.07, 6.45) is 18.7. The van der Waals surface area contributed by atoms with Crippen LogP contribution in [0.5, 0.6) is 0 Å². The number of ether oxygens (including phenoxy) is 2. The van der Waals surface area contributed by atoms with E-state index in [0.29, 0.717) is 44.2 Å². The van der Waals surface area contributed by atoms with Crippen molar-refractivity contribution in [3.63, 3.8) is 0 Å². The van der Waals surface area contributed by atoms with Gasteiger partial charge in [0.1, 0.15) is 49.1 Å². The van der Waals surface area contributed by atoms with Crippen molar-refractivity contribution in [2.45, 2.75) is 268 Å². The Morgan fingerprint density at radius 3 is 1.95 bits per heavy atom. The number of fused-ring (bicyclic) bond motifs is 2. The molecule has 21 N–H and O–H groups in total. The number of aliphatic hydroxyl groups is 3. The molecule has 3 heterocycles. The molecule has 2 fully saturated rings. The number of aromatic amines is 1. The molecule has 114 heavy (non-hydrogen) atoms. The normalized spacial score (nSPS) is 20.3. The van der Waals surface area contributed by atoms with Crippen molar-refractivity contribution in [2.24, 2.45) is 28.1 Å². The van der Waals surface area contributed by atoms with Crippen LogP contribution in [0, 0.1) is 5.92 Å². The largest absolute Gasteiger partial charge is 0.481 e. The number of guanidine groups is 1. The summed E-state index contributed by atoms with van der Waals surface area (Å²) in [6, 6.07) is 7.21. The number of carbonyl (C=O) groups excluding carboxylic acids is 11. The molecule has 0 unspecified atom stereocenters. The van der Waals surface area contributed by atoms with Gasteiger partial charge in [0, 0.05) is 88.3 Å². The lowest BCUT2D eigenvalue weighted by atomic mass is 10.0. The van der Waals surface area contributed by atoms with Crippen LogP contribution in [-0.4, -0.2) is 234 Å². The van der Waals surface area contributed by atoms with Gasteiger partial charge in [-0.2, -0.15) is 0 Å². The quantitative estimate of drug-likeness (QED) is 0.0218. The topological polar surface area (TPSA) is 534 Å². The molecule has 1 aromatic heterocycles. The Bertz CT molecular complexity index is 3450. The summed E-state index contributed by atoms with van der Waals surface area (Å²) in [6.45, 7) is 5.77. The summed E-state index contributed by atoms with van der Waals surface area (Å²) in [4.78, 5) is 164. The molecule has 0 radical (unpaired) electrons. The van der Waals surface area contributed by atoms with Crippen LogP contribution in [0.3, 0.4) is 0 Å². The van der Waals surface area contributed by atoms with E-state index in [9.17, 15) is 72.9 Å². The first-order valence-electron chi connectivity index (χ1n) is 40.7. The minimum atomic E-state index is -1.57. The molecular formula is C80H130N16O18. The van der Waals surface area contributed by atoms with Crippen molar-refractivity contribution in [1.82, 2.24) is 63.1 Å². The number of aromatic nitrogens is 1. The van der Waals surface area contributed by atoms with Crippen molar-refractivity contribution < 1.29 is 87.4 Å². The molecule has 2 saturated heterocycles. The number of rotatable bonds is 44. The Labute approximate surface area is 669 Å². The smallest absolute Gasteiger partial charge is 0.303 e. The Hall–Kier alpha value is -9.35. The van der Waals surface area contributed by atoms with Gasteiger partial charge in [0.25, 0.3) is 0 Å². The second-order valence-corrected chi connectivity index (χ2v) is 29.3. The summed E-state index contributed by atoms with van der Waals surface area (Å²) in [7, 11) is 1.43. The Morgan fingerprint density at radius 1 is 0.658 bits per heavy atom. The van der Waals surface area contributed by atoms with Crippen molar-refractivity contribution >= 4 is 87.8 Å². The number of benzene rings is 2. The molecule has 5 rings (SSSR count). The van der Waals surface area contributed by atoms with E-state index in [1.54, 1.807) is 25.3 Å². The lowest BCUT2D eigenvalue weighted by Crippen LogP contribution is -2.61. The lowest BCUT2D eigenvalue weighted by Gasteiger charge is -2.32. The molecule has 0 aliphatic carbocycles. The molecule has 638 valence electrons. The highest BCUT2D eigenvalue weighted by Gasteiger charge is 2.42. The van der Waals surface area contributed by atoms with E-state index < -0.39 is 145 Å². The molecular weight excluding hydrogens is 1470 g/mol. The monoisotopic (exact) mass is 1600 g/mol. The van der Waals surface area contributed by atoms with Crippen LogP contribution in [0.1, 0.15) is 205 Å². The zero-order valence-corrected chi connectivity index (χ0v) is 67.1. The molecule has 2 aliphatic heterocycles. The van der Waals surface area contributed by atoms with Gasteiger partial charge in [-0.3, -0.25) is 67.8 Å². The number of hydrogen-bond donors (Lipinski definition) is 18. The average molecular weight is 1600 g/mol. The predicted molar refractivity (Wildman–Crippen MR) is 430 cm³/mol. The molecule has 0 bridgehead atoms. The number of nitrogens with one attached hydrogen (secondary N) is 11. The van der Waals surface area contributed by atoms with Gasteiger partial charge >= 0.3 is 5.97 Å². The summed E-state index contributed by atoms with van der Waals surface area (Å²) >= 11 is 0. The van der Waals surface area contributed by atoms with Crippen molar-refractivity contribution in [3.05, 3.63) is 71.9 Å². The van der Waals surface area contributed by atoms with Gasteiger partial charge in [0.2, 0.25) is 65.0 Å². The SMILES string of the molecule is CCCCCCCCCCCCCCCC(=O)NCCOCCOCC(=O)N[C@@H](CCC(=O)O)C(=O)N[C@@H](CO)C(=O)N[C@@H](CCCC)C(=O)NC.C[C@H]1CCC(=O)NCCCC[C@@H](C(N)=O)NC(=O)[C@H](Cc2c[nH]c3ccccc23)NC(=O)[C@H](CCCN=C(N)N)N[C@@H](O)[C@@H](Cc2ccccc2)NC(=O)[C@@H]2C[C@@H](O)CN2C1=O. The highest BCUT2D eigenvalue weighted by atomic mass is 16.5. The summed E-state index contributed by atoms with van der Waals surface area (Å²) in [5, 5.41) is 69.0. The number of carbonyl (C=O) groups is 12. The number of amides is 11. The zero-order chi connectivity index (χ0) is 83.6. The molecule has 3 aromatic rings. The number of aliphatic carboxylic acids is 1. The minimum absolute atomic E-state index is 0.00733. The van der Waals surface area contributed by atoms with Crippen LogP contribution in [0.2, 0.25) is 0 Å². The molecule has 34 heteroatoms. The summed E-state index contributed by atoms with van der Waals surface area (Å²) < 4.78 is 10.7. The first-order chi connectivity index (χ1) is 54.8. The lowest BCUT2D eigenvalue weighted by molar-refractivity contribution is -0.142. The number of carboxylic acid groups (broad SMARTS) is 1. The fourth-order valence-electron chi connectivity index (χ4n) is 13.3. The number of likely N-dealkylation sites (N-methyl/N-ethyl adjacent to an activating group) is 1. The fraction of sp³-hybridized carbons (Fsp3) is 0.662. The molecule has 2 aromatic carbocycles. The van der Waals surface area contributed by atoms with E-state index in [4.69, 9.17) is 31.8 Å². The first kappa shape index (κ1) is 97.0. The maximum atomic E-state index is 14.4. The number of hydrogen-bond acceptors (Lipinski definition) is 19. The van der Waals surface area contributed by atoms with E-state index >= 15 is 0 Å². The van der Waals surface area contributed by atoms with E-state index in [1.807, 2.05) is 49.4 Å². The van der Waals surface area contributed by atoms with Crippen LogP contribution in [0.25, 0.3) is 10.9 Å². The van der Waals surface area contributed by atoms with Gasteiger partial charge in [-0.05, 0) is 81.4 Å². The number of aliphatic imine (C=N–C) groups is 1. The number of carboxylic acids is 1. The van der Waals surface area contributed by atoms with Gasteiger partial charge in [0.15, 0.2) is 5.96 Å². The van der Waals surface area contributed by atoms with Crippen LogP contribution >= 0.6 is 0 Å². The van der Waals surface area contributed by atoms with Crippen LogP contribution in [0.15, 0.2) is 65.8 Å². The second kappa shape index (κ2) is 56.0. The minimum Gasteiger partial charge on any atom is -0.481 e. The first-order valence-corrected chi connectivity index (χ1v) is 40.7. The third kappa shape index (κ3) is 38.7. The van der Waals surface area contributed by atoms with Gasteiger partial charge in [0.05, 0.1) is 44.6 Å². The number of nitrogens with two attached hydrogens (primary N) is 3. The molecule has 11 amide bonds. The number of nitrogens with zero attached hydrogens (tertiary/aromatic N) is 2. The summed E-state index contributed by atoms with van der Waals surface area (Å²) in [5.74, 6) is -8.25. The third-order valence-electron chi connectivity index (χ3n) is 19.9. The highest BCUT2D eigenvalue weighted by Crippen LogP contribution is 2.25. The van der Waals surface area contributed by atoms with Crippen LogP contribution < -0.4 is 70.4 Å². The number of para-hydroxylation sites is 1. The third-order valence-corrected chi connectivity index (χ3v) is 19.9.